The molecule has 0 aliphatic heterocycles. The van der Waals surface area contributed by atoms with Crippen molar-refractivity contribution in [3.8, 4) is 0 Å². The molecule has 9 nitrogen and oxygen atoms in total. The van der Waals surface area contributed by atoms with E-state index in [4.69, 9.17) is 18.5 Å². The third kappa shape index (κ3) is 66.8. The first-order valence-electron chi connectivity index (χ1n) is 35.0. The molecule has 0 aromatic rings. The van der Waals surface area contributed by atoms with Crippen molar-refractivity contribution in [2.75, 3.05) is 47.5 Å². The zero-order valence-electron chi connectivity index (χ0n) is 54.7. The van der Waals surface area contributed by atoms with Gasteiger partial charge in [-0.2, -0.15) is 0 Å². The van der Waals surface area contributed by atoms with Crippen LogP contribution in [0.15, 0.2) is 60.8 Å². The van der Waals surface area contributed by atoms with Crippen LogP contribution in [0.3, 0.4) is 0 Å². The quantitative estimate of drug-likeness (QED) is 0.0195. The molecule has 0 saturated heterocycles. The summed E-state index contributed by atoms with van der Waals surface area (Å²) in [6, 6.07) is 0. The first-order valence-corrected chi connectivity index (χ1v) is 36.5. The predicted molar refractivity (Wildman–Crippen MR) is 351 cm³/mol. The Balaban J connectivity index is 3.90. The van der Waals surface area contributed by atoms with Crippen molar-refractivity contribution in [1.29, 1.82) is 0 Å². The van der Waals surface area contributed by atoms with Crippen molar-refractivity contribution >= 4 is 19.8 Å². The number of carbonyl (C=O) groups is 2. The first kappa shape index (κ1) is 79.7. The van der Waals surface area contributed by atoms with E-state index in [1.54, 1.807) is 0 Å². The number of nitrogens with zero attached hydrogens (tertiary/aromatic N) is 1. The predicted octanol–water partition coefficient (Wildman–Crippen LogP) is 22.0. The molecule has 0 radical (unpaired) electrons. The number of carbonyl (C=O) groups excluding carboxylic acids is 2. The number of esters is 2. The summed E-state index contributed by atoms with van der Waals surface area (Å²) in [4.78, 5) is 38.0. The van der Waals surface area contributed by atoms with E-state index in [9.17, 15) is 19.0 Å². The van der Waals surface area contributed by atoms with E-state index < -0.39 is 26.5 Å². The van der Waals surface area contributed by atoms with Gasteiger partial charge in [0.05, 0.1) is 27.7 Å². The van der Waals surface area contributed by atoms with Crippen LogP contribution in [0.2, 0.25) is 0 Å². The Labute approximate surface area is 508 Å². The van der Waals surface area contributed by atoms with Crippen LogP contribution in [0.4, 0.5) is 0 Å². The summed E-state index contributed by atoms with van der Waals surface area (Å²) in [6.45, 7) is 4.15. The van der Waals surface area contributed by atoms with E-state index in [0.29, 0.717) is 17.4 Å². The highest BCUT2D eigenvalue weighted by Crippen LogP contribution is 2.38. The van der Waals surface area contributed by atoms with Crippen molar-refractivity contribution in [3.63, 3.8) is 0 Å². The van der Waals surface area contributed by atoms with Gasteiger partial charge in [-0.15, -0.1) is 0 Å². The minimum absolute atomic E-state index is 0.0344. The van der Waals surface area contributed by atoms with Crippen LogP contribution in [0, 0.1) is 0 Å². The van der Waals surface area contributed by atoms with Gasteiger partial charge in [-0.25, -0.2) is 0 Å². The number of unbranched alkanes of at least 4 members (excludes halogenated alkanes) is 41. The van der Waals surface area contributed by atoms with E-state index in [0.717, 1.165) is 83.5 Å². The molecule has 0 aromatic heterocycles. The average molecular weight is 1170 g/mol. The van der Waals surface area contributed by atoms with Crippen LogP contribution in [0.1, 0.15) is 335 Å². The molecular formula is C72H134NO8P. The topological polar surface area (TPSA) is 111 Å². The summed E-state index contributed by atoms with van der Waals surface area (Å²) in [7, 11) is 1.16. The highest BCUT2D eigenvalue weighted by molar-refractivity contribution is 7.45. The van der Waals surface area contributed by atoms with Gasteiger partial charge in [0.1, 0.15) is 19.8 Å². The number of rotatable bonds is 65. The van der Waals surface area contributed by atoms with Crippen LogP contribution in [0.25, 0.3) is 0 Å². The minimum Gasteiger partial charge on any atom is -0.756 e. The highest BCUT2D eigenvalue weighted by Gasteiger charge is 2.22. The lowest BCUT2D eigenvalue weighted by Crippen LogP contribution is -2.37. The fourth-order valence-electron chi connectivity index (χ4n) is 10.2. The molecule has 0 saturated carbocycles. The standard InChI is InChI=1S/C72H134NO8P/c1-6-8-10-12-14-16-18-20-22-24-26-27-28-29-30-31-32-33-34-35-36-37-38-39-40-41-42-43-44-45-47-48-50-52-54-56-58-60-62-64-71(74)78-68-70(69-80-82(76,77)79-67-66-73(3,4)5)81-72(75)65-63-61-59-57-55-53-51-49-46-25-23-21-19-17-15-13-11-9-7-2/h9,11,15,17,21,23-24,26,46,49,70H,6-8,10,12-14,16,18-20,22,25,27-45,47-48,50-69H2,1-5H3/b11-9-,17-15-,23-21-,26-24-,49-46-. The van der Waals surface area contributed by atoms with E-state index in [-0.39, 0.29) is 32.0 Å². The molecular weight excluding hydrogens is 1040 g/mol. The second-order valence-corrected chi connectivity index (χ2v) is 26.3. The molecule has 480 valence electrons. The van der Waals surface area contributed by atoms with E-state index >= 15 is 0 Å². The number of allylic oxidation sites excluding steroid dienone is 10. The maximum atomic E-state index is 12.8. The lowest BCUT2D eigenvalue weighted by molar-refractivity contribution is -0.870. The smallest absolute Gasteiger partial charge is 0.306 e. The second kappa shape index (κ2) is 63.2. The third-order valence-corrected chi connectivity index (χ3v) is 16.5. The van der Waals surface area contributed by atoms with Crippen molar-refractivity contribution in [2.45, 2.75) is 341 Å². The zero-order valence-corrected chi connectivity index (χ0v) is 55.6. The average Bonchev–Trinajstić information content (AvgIpc) is 3.46. The molecule has 0 rings (SSSR count). The van der Waals surface area contributed by atoms with Crippen LogP contribution in [-0.2, 0) is 32.7 Å². The summed E-state index contributed by atoms with van der Waals surface area (Å²) in [5.74, 6) is -0.838. The Morgan fingerprint density at radius 2 is 0.695 bits per heavy atom. The summed E-state index contributed by atoms with van der Waals surface area (Å²) >= 11 is 0. The number of hydrogen-bond acceptors (Lipinski definition) is 8. The van der Waals surface area contributed by atoms with Crippen LogP contribution >= 0.6 is 7.82 Å². The maximum Gasteiger partial charge on any atom is 0.306 e. The lowest BCUT2D eigenvalue weighted by atomic mass is 10.0. The molecule has 0 heterocycles. The minimum atomic E-state index is -4.64. The molecule has 0 aliphatic rings. The number of likely N-dealkylation sites (N-methyl/N-ethyl adjacent to an activating group) is 1. The molecule has 2 atom stereocenters. The second-order valence-electron chi connectivity index (χ2n) is 24.9. The van der Waals surface area contributed by atoms with Crippen molar-refractivity contribution in [3.05, 3.63) is 60.8 Å². The van der Waals surface area contributed by atoms with Crippen LogP contribution < -0.4 is 4.89 Å². The molecule has 0 bridgehead atoms. The molecule has 10 heteroatoms. The van der Waals surface area contributed by atoms with Crippen molar-refractivity contribution in [1.82, 2.24) is 0 Å². The molecule has 0 aliphatic carbocycles. The maximum absolute atomic E-state index is 12.8. The SMILES string of the molecule is CC/C=C\C/C=C\C/C=C\C/C=C\CCCCCCCCC(=O)OC(COC(=O)CCCCCCCCCCCCCCCCCCCCCCCCCCCCC/C=C\CCCCCCCCCC)COP(=O)([O-])OCC[N+](C)(C)C. The van der Waals surface area contributed by atoms with Gasteiger partial charge < -0.3 is 27.9 Å². The molecule has 0 N–H and O–H groups in total. The van der Waals surface area contributed by atoms with Gasteiger partial charge in [0.25, 0.3) is 7.82 Å². The molecule has 82 heavy (non-hydrogen) atoms. The molecule has 0 spiro atoms. The van der Waals surface area contributed by atoms with Gasteiger partial charge in [0.2, 0.25) is 0 Å². The van der Waals surface area contributed by atoms with Gasteiger partial charge in [-0.1, -0.05) is 306 Å². The Hall–Kier alpha value is -2.29. The summed E-state index contributed by atoms with van der Waals surface area (Å²) < 4.78 is 34.2. The number of phosphoric ester groups is 1. The fourth-order valence-corrected chi connectivity index (χ4v) is 10.9. The molecule has 2 unspecified atom stereocenters. The molecule has 0 aromatic carbocycles. The lowest BCUT2D eigenvalue weighted by Gasteiger charge is -2.28. The van der Waals surface area contributed by atoms with Crippen LogP contribution in [-0.4, -0.2) is 70.0 Å². The zero-order chi connectivity index (χ0) is 59.8. The molecule has 0 amide bonds. The van der Waals surface area contributed by atoms with Crippen LogP contribution in [0.5, 0.6) is 0 Å². The fraction of sp³-hybridized carbons (Fsp3) is 0.833. The summed E-state index contributed by atoms with van der Waals surface area (Å²) in [5, 5.41) is 0. The van der Waals surface area contributed by atoms with E-state index in [1.807, 2.05) is 21.1 Å². The number of quaternary nitrogens is 1. The van der Waals surface area contributed by atoms with Crippen molar-refractivity contribution < 1.29 is 42.1 Å². The van der Waals surface area contributed by atoms with Crippen molar-refractivity contribution in [2.24, 2.45) is 0 Å². The summed E-state index contributed by atoms with van der Waals surface area (Å²) in [6.07, 6.45) is 83.3. The monoisotopic (exact) mass is 1170 g/mol. The third-order valence-electron chi connectivity index (χ3n) is 15.5. The number of ether oxygens (including phenoxy) is 2. The first-order chi connectivity index (χ1) is 40.0. The van der Waals surface area contributed by atoms with Gasteiger partial charge >= 0.3 is 11.9 Å². The normalized spacial score (nSPS) is 13.5. The molecule has 0 fully saturated rings. The van der Waals surface area contributed by atoms with Gasteiger partial charge in [0.15, 0.2) is 6.10 Å². The van der Waals surface area contributed by atoms with E-state index in [1.165, 1.54) is 218 Å². The number of phosphoric acid groups is 1. The Morgan fingerprint density at radius 3 is 1.05 bits per heavy atom. The highest BCUT2D eigenvalue weighted by atomic mass is 31.2. The Morgan fingerprint density at radius 1 is 0.390 bits per heavy atom. The number of hydrogen-bond donors (Lipinski definition) is 0. The van der Waals surface area contributed by atoms with E-state index in [2.05, 4.69) is 74.6 Å². The Kier molecular flexibility index (Phi) is 61.5. The van der Waals surface area contributed by atoms with Gasteiger partial charge in [-0.05, 0) is 77.0 Å². The van der Waals surface area contributed by atoms with Gasteiger partial charge in [-0.3, -0.25) is 14.2 Å². The van der Waals surface area contributed by atoms with Gasteiger partial charge in [0, 0.05) is 12.8 Å². The largest absolute Gasteiger partial charge is 0.756 e. The summed E-state index contributed by atoms with van der Waals surface area (Å²) in [5.41, 5.74) is 0. The Bertz CT molecular complexity index is 1570.